The van der Waals surface area contributed by atoms with Gasteiger partial charge in [-0.25, -0.2) is 0 Å². The van der Waals surface area contributed by atoms with Gasteiger partial charge in [0.05, 0.1) is 18.5 Å². The van der Waals surface area contributed by atoms with Crippen molar-refractivity contribution in [2.24, 2.45) is 10.2 Å². The van der Waals surface area contributed by atoms with E-state index in [1.165, 1.54) is 18.3 Å². The maximum Gasteiger partial charge on any atom is 0.433 e. The number of nitro groups is 1. The van der Waals surface area contributed by atoms with Crippen molar-refractivity contribution < 1.29 is 9.34 Å². The molecule has 0 aliphatic heterocycles. The Morgan fingerprint density at radius 3 is 2.33 bits per heavy atom. The first-order valence-corrected chi connectivity index (χ1v) is 6.14. The van der Waals surface area contributed by atoms with E-state index in [1.54, 1.807) is 6.21 Å². The second-order valence-corrected chi connectivity index (χ2v) is 4.41. The fourth-order valence-electron chi connectivity index (χ4n) is 1.56. The smallest absolute Gasteiger partial charge is 0.400 e. The summed E-state index contributed by atoms with van der Waals surface area (Å²) in [5, 5.41) is 18.1. The van der Waals surface area contributed by atoms with Crippen LogP contribution in [0.3, 0.4) is 0 Å². The summed E-state index contributed by atoms with van der Waals surface area (Å²) in [6.07, 6.45) is 2.91. The zero-order chi connectivity index (χ0) is 15.2. The first-order valence-electron chi connectivity index (χ1n) is 6.14. The Labute approximate surface area is 121 Å². The number of furan rings is 1. The highest BCUT2D eigenvalue weighted by atomic mass is 16.6. The predicted molar refractivity (Wildman–Crippen MR) is 81.3 cm³/mol. The lowest BCUT2D eigenvalue weighted by molar-refractivity contribution is -0.402. The molecule has 0 amide bonds. The van der Waals surface area contributed by atoms with Crippen LogP contribution in [-0.2, 0) is 0 Å². The van der Waals surface area contributed by atoms with Gasteiger partial charge in [-0.1, -0.05) is 12.1 Å². The maximum absolute atomic E-state index is 10.4. The third-order valence-electron chi connectivity index (χ3n) is 2.66. The molecular weight excluding hydrogens is 272 g/mol. The van der Waals surface area contributed by atoms with Crippen LogP contribution < -0.4 is 4.90 Å². The Bertz CT molecular complexity index is 672. The van der Waals surface area contributed by atoms with E-state index in [9.17, 15) is 10.1 Å². The zero-order valence-corrected chi connectivity index (χ0v) is 11.6. The van der Waals surface area contributed by atoms with Crippen molar-refractivity contribution in [1.29, 1.82) is 0 Å². The van der Waals surface area contributed by atoms with Gasteiger partial charge in [0.1, 0.15) is 4.92 Å². The Hall–Kier alpha value is -2.96. The molecular formula is C14H14N4O3. The molecule has 0 unspecified atom stereocenters. The second-order valence-electron chi connectivity index (χ2n) is 4.41. The average Bonchev–Trinajstić information content (AvgIpc) is 2.93. The summed E-state index contributed by atoms with van der Waals surface area (Å²) >= 11 is 0. The van der Waals surface area contributed by atoms with E-state index in [0.717, 1.165) is 11.3 Å². The Morgan fingerprint density at radius 1 is 1.10 bits per heavy atom. The molecule has 0 N–H and O–H groups in total. The van der Waals surface area contributed by atoms with Gasteiger partial charge in [0.25, 0.3) is 0 Å². The molecule has 2 aromatic rings. The molecule has 7 heteroatoms. The number of hydrogen-bond acceptors (Lipinski definition) is 6. The van der Waals surface area contributed by atoms with E-state index in [0.29, 0.717) is 0 Å². The molecule has 7 nitrogen and oxygen atoms in total. The Morgan fingerprint density at radius 2 is 1.76 bits per heavy atom. The minimum atomic E-state index is -0.604. The van der Waals surface area contributed by atoms with E-state index in [2.05, 4.69) is 10.2 Å². The van der Waals surface area contributed by atoms with E-state index in [-0.39, 0.29) is 11.6 Å². The van der Waals surface area contributed by atoms with Crippen LogP contribution in [0.2, 0.25) is 0 Å². The molecule has 1 aromatic heterocycles. The molecule has 0 saturated carbocycles. The summed E-state index contributed by atoms with van der Waals surface area (Å²) in [6, 6.07) is 10.5. The minimum Gasteiger partial charge on any atom is -0.400 e. The second kappa shape index (κ2) is 6.47. The predicted octanol–water partition coefficient (Wildman–Crippen LogP) is 2.71. The molecule has 0 fully saturated rings. The molecule has 0 atom stereocenters. The fraction of sp³-hybridized carbons (Fsp3) is 0.143. The number of hydrogen-bond donors (Lipinski definition) is 0. The van der Waals surface area contributed by atoms with Gasteiger partial charge < -0.3 is 9.32 Å². The monoisotopic (exact) mass is 286 g/mol. The normalized spacial score (nSPS) is 11.3. The van der Waals surface area contributed by atoms with Crippen LogP contribution in [0.1, 0.15) is 11.3 Å². The van der Waals surface area contributed by atoms with Crippen molar-refractivity contribution >= 4 is 24.0 Å². The van der Waals surface area contributed by atoms with E-state index < -0.39 is 4.92 Å². The molecule has 108 valence electrons. The number of benzene rings is 1. The molecule has 0 spiro atoms. The number of anilines is 1. The van der Waals surface area contributed by atoms with Crippen LogP contribution in [0.4, 0.5) is 11.6 Å². The minimum absolute atomic E-state index is 0.279. The van der Waals surface area contributed by atoms with Crippen LogP contribution in [-0.4, -0.2) is 31.4 Å². The molecule has 1 aromatic carbocycles. The van der Waals surface area contributed by atoms with Crippen molar-refractivity contribution in [2.75, 3.05) is 19.0 Å². The van der Waals surface area contributed by atoms with E-state index >= 15 is 0 Å². The summed E-state index contributed by atoms with van der Waals surface area (Å²) in [4.78, 5) is 11.8. The third kappa shape index (κ3) is 4.00. The van der Waals surface area contributed by atoms with Crippen molar-refractivity contribution in [3.63, 3.8) is 0 Å². The summed E-state index contributed by atoms with van der Waals surface area (Å²) in [7, 11) is 3.94. The van der Waals surface area contributed by atoms with Crippen LogP contribution in [0, 0.1) is 10.1 Å². The molecule has 0 aliphatic carbocycles. The van der Waals surface area contributed by atoms with Gasteiger partial charge in [-0.05, 0) is 23.8 Å². The summed E-state index contributed by atoms with van der Waals surface area (Å²) in [5.41, 5.74) is 2.00. The summed E-state index contributed by atoms with van der Waals surface area (Å²) < 4.78 is 4.91. The quantitative estimate of drug-likeness (QED) is 0.480. The first kappa shape index (κ1) is 14.4. The third-order valence-corrected chi connectivity index (χ3v) is 2.66. The van der Waals surface area contributed by atoms with E-state index in [4.69, 9.17) is 4.42 Å². The molecule has 0 radical (unpaired) electrons. The van der Waals surface area contributed by atoms with Gasteiger partial charge in [-0.15, -0.1) is 0 Å². The number of rotatable bonds is 5. The lowest BCUT2D eigenvalue weighted by Crippen LogP contribution is -2.08. The van der Waals surface area contributed by atoms with Gasteiger partial charge in [0, 0.05) is 19.8 Å². The average molecular weight is 286 g/mol. The Balaban J connectivity index is 1.97. The van der Waals surface area contributed by atoms with Crippen molar-refractivity contribution in [2.45, 2.75) is 0 Å². The Kier molecular flexibility index (Phi) is 4.45. The van der Waals surface area contributed by atoms with Gasteiger partial charge in [0.15, 0.2) is 5.76 Å². The molecule has 0 aliphatic rings. The topological polar surface area (TPSA) is 84.2 Å². The highest BCUT2D eigenvalue weighted by Crippen LogP contribution is 2.14. The SMILES string of the molecule is CN(C)c1ccc(/C=N/N=C/c2ccc([N+](=O)[O-])o2)cc1. The van der Waals surface area contributed by atoms with Crippen LogP contribution in [0.25, 0.3) is 0 Å². The summed E-state index contributed by atoms with van der Waals surface area (Å²) in [5.74, 6) is -0.0403. The standard InChI is InChI=1S/C14H14N4O3/c1-17(2)12-5-3-11(4-6-12)9-15-16-10-13-7-8-14(21-13)18(19)20/h3-10H,1-2H3/b15-9+,16-10+. The number of nitrogens with zero attached hydrogens (tertiary/aromatic N) is 4. The van der Waals surface area contributed by atoms with Crippen molar-refractivity contribution in [3.05, 3.63) is 57.8 Å². The summed E-state index contributed by atoms with van der Waals surface area (Å²) in [6.45, 7) is 0. The van der Waals surface area contributed by atoms with Gasteiger partial charge >= 0.3 is 5.88 Å². The fourth-order valence-corrected chi connectivity index (χ4v) is 1.56. The van der Waals surface area contributed by atoms with Crippen LogP contribution in [0.5, 0.6) is 0 Å². The molecule has 21 heavy (non-hydrogen) atoms. The maximum atomic E-state index is 10.4. The van der Waals surface area contributed by atoms with E-state index in [1.807, 2.05) is 43.3 Å². The lowest BCUT2D eigenvalue weighted by atomic mass is 10.2. The largest absolute Gasteiger partial charge is 0.433 e. The molecule has 0 bridgehead atoms. The highest BCUT2D eigenvalue weighted by Gasteiger charge is 2.09. The van der Waals surface area contributed by atoms with Gasteiger partial charge in [-0.2, -0.15) is 10.2 Å². The lowest BCUT2D eigenvalue weighted by Gasteiger charge is -2.11. The van der Waals surface area contributed by atoms with Crippen molar-refractivity contribution in [3.8, 4) is 0 Å². The molecule has 2 rings (SSSR count). The zero-order valence-electron chi connectivity index (χ0n) is 11.6. The van der Waals surface area contributed by atoms with Crippen molar-refractivity contribution in [1.82, 2.24) is 0 Å². The first-order chi connectivity index (χ1) is 10.1. The van der Waals surface area contributed by atoms with Gasteiger partial charge in [-0.3, -0.25) is 10.1 Å². The van der Waals surface area contributed by atoms with Crippen LogP contribution in [0.15, 0.2) is 51.0 Å². The van der Waals surface area contributed by atoms with Gasteiger partial charge in [0.2, 0.25) is 0 Å². The molecule has 0 saturated heterocycles. The highest BCUT2D eigenvalue weighted by molar-refractivity contribution is 5.82. The molecule has 1 heterocycles. The van der Waals surface area contributed by atoms with Crippen LogP contribution >= 0.6 is 0 Å².